The van der Waals surface area contributed by atoms with E-state index in [1.165, 1.54) is 32.0 Å². The maximum absolute atomic E-state index is 12.7. The zero-order chi connectivity index (χ0) is 24.0. The first kappa shape index (κ1) is 24.3. The highest BCUT2D eigenvalue weighted by Gasteiger charge is 2.24. The Hall–Kier alpha value is -3.95. The van der Waals surface area contributed by atoms with Gasteiger partial charge in [0.2, 0.25) is 17.6 Å². The van der Waals surface area contributed by atoms with Crippen molar-refractivity contribution in [1.82, 2.24) is 4.98 Å². The number of ether oxygens (including phenoxy) is 2. The molecule has 0 aliphatic rings. The Balaban J connectivity index is 2.20. The van der Waals surface area contributed by atoms with Crippen molar-refractivity contribution in [3.8, 4) is 0 Å². The molecule has 0 aliphatic heterocycles. The van der Waals surface area contributed by atoms with E-state index in [4.69, 9.17) is 9.47 Å². The lowest BCUT2D eigenvalue weighted by molar-refractivity contribution is -0.115. The van der Waals surface area contributed by atoms with E-state index >= 15 is 0 Å². The minimum atomic E-state index is -0.825. The number of aryl methyl sites for hydroxylation is 1. The highest BCUT2D eigenvalue weighted by Crippen LogP contribution is 2.22. The Labute approximate surface area is 184 Å². The highest BCUT2D eigenvalue weighted by molar-refractivity contribution is 6.04. The van der Waals surface area contributed by atoms with Crippen LogP contribution in [0.3, 0.4) is 0 Å². The van der Waals surface area contributed by atoms with Gasteiger partial charge in [0.05, 0.1) is 12.2 Å². The minimum absolute atomic E-state index is 0.0301. The number of anilines is 2. The first-order valence-corrected chi connectivity index (χ1v) is 9.80. The van der Waals surface area contributed by atoms with Gasteiger partial charge in [0.15, 0.2) is 6.61 Å². The summed E-state index contributed by atoms with van der Waals surface area (Å²) in [5, 5.41) is 5.06. The smallest absolute Gasteiger partial charge is 0.355 e. The van der Waals surface area contributed by atoms with Gasteiger partial charge in [-0.15, -0.1) is 0 Å². The second-order valence-electron chi connectivity index (χ2n) is 7.01. The number of Topliss-reactive ketones (excluding diaryl/α,β-unsaturated/α-hetero) is 1. The van der Waals surface area contributed by atoms with Gasteiger partial charge in [-0.25, -0.2) is 9.59 Å². The van der Waals surface area contributed by atoms with Crippen LogP contribution in [-0.2, 0) is 19.1 Å². The third kappa shape index (κ3) is 6.03. The predicted molar refractivity (Wildman–Crippen MR) is 116 cm³/mol. The summed E-state index contributed by atoms with van der Waals surface area (Å²) in [5.41, 5.74) is 1.85. The van der Waals surface area contributed by atoms with Crippen LogP contribution in [0.25, 0.3) is 0 Å². The molecule has 1 aromatic carbocycles. The van der Waals surface area contributed by atoms with Crippen LogP contribution in [0, 0.1) is 13.8 Å². The molecule has 2 rings (SSSR count). The molecule has 3 N–H and O–H groups in total. The number of hydrogen-bond acceptors (Lipinski definition) is 7. The Morgan fingerprint density at radius 1 is 0.875 bits per heavy atom. The van der Waals surface area contributed by atoms with Gasteiger partial charge in [0, 0.05) is 36.5 Å². The molecule has 0 aliphatic carbocycles. The van der Waals surface area contributed by atoms with E-state index in [9.17, 15) is 24.0 Å². The number of aromatic nitrogens is 1. The Morgan fingerprint density at radius 3 is 1.94 bits per heavy atom. The maximum Gasteiger partial charge on any atom is 0.355 e. The standard InChI is InChI=1S/C22H25N3O7/c1-6-31-22(30)20-11(2)19(12(3)23-20)18(28)10-32-21(29)15-7-16(24-13(4)26)9-17(8-15)25-14(5)27/h7-9,23H,6,10H2,1-5H3,(H,24,26)(H,25,27). The van der Waals surface area contributed by atoms with Crippen LogP contribution >= 0.6 is 0 Å². The number of H-pyrrole nitrogens is 1. The number of hydrogen-bond donors (Lipinski definition) is 3. The molecular weight excluding hydrogens is 418 g/mol. The van der Waals surface area contributed by atoms with Crippen LogP contribution < -0.4 is 10.6 Å². The Morgan fingerprint density at radius 2 is 1.44 bits per heavy atom. The van der Waals surface area contributed by atoms with E-state index in [-0.39, 0.29) is 46.6 Å². The number of carbonyl (C=O) groups excluding carboxylic acids is 5. The quantitative estimate of drug-likeness (QED) is 0.420. The topological polar surface area (TPSA) is 144 Å². The minimum Gasteiger partial charge on any atom is -0.461 e. The summed E-state index contributed by atoms with van der Waals surface area (Å²) in [6, 6.07) is 4.21. The number of rotatable bonds is 8. The lowest BCUT2D eigenvalue weighted by atomic mass is 10.1. The monoisotopic (exact) mass is 443 g/mol. The van der Waals surface area contributed by atoms with E-state index in [0.717, 1.165) is 0 Å². The Kier molecular flexibility index (Phi) is 7.89. The van der Waals surface area contributed by atoms with Gasteiger partial charge in [-0.05, 0) is 44.5 Å². The molecule has 170 valence electrons. The lowest BCUT2D eigenvalue weighted by Gasteiger charge is -2.11. The Bertz CT molecular complexity index is 1050. The van der Waals surface area contributed by atoms with Crippen molar-refractivity contribution in [2.75, 3.05) is 23.8 Å². The van der Waals surface area contributed by atoms with Crippen LogP contribution in [0.2, 0.25) is 0 Å². The molecule has 0 saturated heterocycles. The number of aromatic amines is 1. The molecule has 0 fully saturated rings. The third-order valence-corrected chi connectivity index (χ3v) is 4.34. The van der Waals surface area contributed by atoms with Crippen molar-refractivity contribution in [3.63, 3.8) is 0 Å². The summed E-state index contributed by atoms with van der Waals surface area (Å²) in [4.78, 5) is 62.8. The van der Waals surface area contributed by atoms with Crippen molar-refractivity contribution in [3.05, 3.63) is 46.3 Å². The van der Waals surface area contributed by atoms with E-state index < -0.39 is 24.3 Å². The summed E-state index contributed by atoms with van der Waals surface area (Å²) in [6.07, 6.45) is 0. The van der Waals surface area contributed by atoms with Crippen molar-refractivity contribution < 1.29 is 33.4 Å². The molecular formula is C22H25N3O7. The SMILES string of the molecule is CCOC(=O)c1[nH]c(C)c(C(=O)COC(=O)c2cc(NC(C)=O)cc(NC(C)=O)c2)c1C. The van der Waals surface area contributed by atoms with E-state index in [1.807, 2.05) is 0 Å². The summed E-state index contributed by atoms with van der Waals surface area (Å²) in [7, 11) is 0. The van der Waals surface area contributed by atoms with E-state index in [1.54, 1.807) is 20.8 Å². The summed E-state index contributed by atoms with van der Waals surface area (Å²) in [6.45, 7) is 7.12. The molecule has 0 radical (unpaired) electrons. The zero-order valence-corrected chi connectivity index (χ0v) is 18.5. The number of nitrogens with one attached hydrogen (secondary N) is 3. The fraction of sp³-hybridized carbons (Fsp3) is 0.318. The van der Waals surface area contributed by atoms with E-state index in [0.29, 0.717) is 11.3 Å². The summed E-state index contributed by atoms with van der Waals surface area (Å²) >= 11 is 0. The third-order valence-electron chi connectivity index (χ3n) is 4.34. The fourth-order valence-corrected chi connectivity index (χ4v) is 3.16. The van der Waals surface area contributed by atoms with Gasteiger partial charge in [-0.1, -0.05) is 0 Å². The van der Waals surface area contributed by atoms with Crippen LogP contribution in [-0.4, -0.2) is 47.7 Å². The van der Waals surface area contributed by atoms with Crippen molar-refractivity contribution in [1.29, 1.82) is 0 Å². The van der Waals surface area contributed by atoms with Gasteiger partial charge in [0.25, 0.3) is 0 Å². The van der Waals surface area contributed by atoms with Gasteiger partial charge in [-0.2, -0.15) is 0 Å². The number of benzene rings is 1. The molecule has 32 heavy (non-hydrogen) atoms. The molecule has 0 spiro atoms. The van der Waals surface area contributed by atoms with E-state index in [2.05, 4.69) is 15.6 Å². The van der Waals surface area contributed by atoms with Crippen LogP contribution in [0.15, 0.2) is 18.2 Å². The molecule has 2 amide bonds. The van der Waals surface area contributed by atoms with Crippen molar-refractivity contribution in [2.45, 2.75) is 34.6 Å². The van der Waals surface area contributed by atoms with Crippen molar-refractivity contribution in [2.24, 2.45) is 0 Å². The zero-order valence-electron chi connectivity index (χ0n) is 18.5. The molecule has 10 heteroatoms. The van der Waals surface area contributed by atoms with Crippen molar-refractivity contribution >= 4 is 40.9 Å². The lowest BCUT2D eigenvalue weighted by Crippen LogP contribution is -2.17. The highest BCUT2D eigenvalue weighted by atomic mass is 16.5. The van der Waals surface area contributed by atoms with Gasteiger partial charge in [-0.3, -0.25) is 14.4 Å². The molecule has 0 bridgehead atoms. The maximum atomic E-state index is 12.7. The van der Waals surface area contributed by atoms with Gasteiger partial charge in [0.1, 0.15) is 5.69 Å². The molecule has 0 unspecified atom stereocenters. The fourth-order valence-electron chi connectivity index (χ4n) is 3.16. The molecule has 2 aromatic rings. The molecule has 10 nitrogen and oxygen atoms in total. The van der Waals surface area contributed by atoms with Gasteiger partial charge < -0.3 is 25.1 Å². The summed E-state index contributed by atoms with van der Waals surface area (Å²) in [5.74, 6) is -2.64. The van der Waals surface area contributed by atoms with Gasteiger partial charge >= 0.3 is 11.9 Å². The average molecular weight is 443 g/mol. The molecule has 0 atom stereocenters. The normalized spacial score (nSPS) is 10.3. The first-order valence-electron chi connectivity index (χ1n) is 9.80. The number of ketones is 1. The summed E-state index contributed by atoms with van der Waals surface area (Å²) < 4.78 is 10.1. The molecule has 1 aromatic heterocycles. The number of esters is 2. The van der Waals surface area contributed by atoms with Crippen LogP contribution in [0.1, 0.15) is 63.2 Å². The number of amides is 2. The number of carbonyl (C=O) groups is 5. The first-order chi connectivity index (χ1) is 15.0. The van der Waals surface area contributed by atoms with Crippen LogP contribution in [0.5, 0.6) is 0 Å². The average Bonchev–Trinajstić information content (AvgIpc) is 2.99. The van der Waals surface area contributed by atoms with Crippen LogP contribution in [0.4, 0.5) is 11.4 Å². The second-order valence-corrected chi connectivity index (χ2v) is 7.01. The largest absolute Gasteiger partial charge is 0.461 e. The second kappa shape index (κ2) is 10.4. The molecule has 1 heterocycles. The molecule has 0 saturated carbocycles. The predicted octanol–water partition coefficient (Wildman–Crippen LogP) is 2.76.